The van der Waals surface area contributed by atoms with Gasteiger partial charge in [-0.1, -0.05) is 18.2 Å². The lowest BCUT2D eigenvalue weighted by Crippen LogP contribution is -2.20. The predicted molar refractivity (Wildman–Crippen MR) is 69.9 cm³/mol. The van der Waals surface area contributed by atoms with E-state index in [4.69, 9.17) is 4.74 Å². The van der Waals surface area contributed by atoms with Crippen LogP contribution in [0.4, 0.5) is 16.3 Å². The summed E-state index contributed by atoms with van der Waals surface area (Å²) in [5.41, 5.74) is 0.713. The largest absolute Gasteiger partial charge is 0.493 e. The molecule has 0 saturated carbocycles. The number of urea groups is 1. The molecule has 1 heterocycles. The molecular formula is C13H13N3O2. The zero-order valence-electron chi connectivity index (χ0n) is 9.88. The highest BCUT2D eigenvalue weighted by atomic mass is 16.5. The maximum atomic E-state index is 11.7. The van der Waals surface area contributed by atoms with Gasteiger partial charge in [0.1, 0.15) is 0 Å². The lowest BCUT2D eigenvalue weighted by Gasteiger charge is -2.09. The van der Waals surface area contributed by atoms with Crippen LogP contribution in [0.5, 0.6) is 5.75 Å². The normalized spacial score (nSPS) is 9.61. The molecule has 0 bridgehead atoms. The third-order valence-corrected chi connectivity index (χ3v) is 2.25. The minimum absolute atomic E-state index is 0.363. The first-order valence-corrected chi connectivity index (χ1v) is 5.41. The Kier molecular flexibility index (Phi) is 3.76. The lowest BCUT2D eigenvalue weighted by molar-refractivity contribution is 0.262. The number of nitrogens with one attached hydrogen (secondary N) is 2. The molecule has 2 N–H and O–H groups in total. The molecule has 2 aromatic rings. The molecule has 0 fully saturated rings. The van der Waals surface area contributed by atoms with E-state index in [1.165, 1.54) is 7.11 Å². The summed E-state index contributed by atoms with van der Waals surface area (Å²) < 4.78 is 5.09. The van der Waals surface area contributed by atoms with Crippen molar-refractivity contribution in [3.63, 3.8) is 0 Å². The molecule has 0 saturated heterocycles. The number of aromatic nitrogens is 1. The van der Waals surface area contributed by atoms with Crippen LogP contribution in [0.25, 0.3) is 0 Å². The number of hydrogen-bond acceptors (Lipinski definition) is 3. The van der Waals surface area contributed by atoms with Gasteiger partial charge in [0.05, 0.1) is 7.11 Å². The number of carbonyl (C=O) groups is 1. The van der Waals surface area contributed by atoms with Crippen molar-refractivity contribution in [2.45, 2.75) is 0 Å². The van der Waals surface area contributed by atoms with Gasteiger partial charge in [0, 0.05) is 11.9 Å². The molecule has 0 aliphatic heterocycles. The van der Waals surface area contributed by atoms with E-state index >= 15 is 0 Å². The van der Waals surface area contributed by atoms with Crippen LogP contribution in [0.3, 0.4) is 0 Å². The second-order valence-electron chi connectivity index (χ2n) is 3.50. The lowest BCUT2D eigenvalue weighted by atomic mass is 10.3. The molecule has 0 spiro atoms. The highest BCUT2D eigenvalue weighted by Gasteiger charge is 2.07. The molecule has 0 unspecified atom stereocenters. The predicted octanol–water partition coefficient (Wildman–Crippen LogP) is 2.73. The molecule has 1 aromatic heterocycles. The molecule has 2 amide bonds. The minimum atomic E-state index is -0.363. The zero-order valence-corrected chi connectivity index (χ0v) is 9.88. The van der Waals surface area contributed by atoms with Crippen LogP contribution in [-0.2, 0) is 0 Å². The fraction of sp³-hybridized carbons (Fsp3) is 0.0769. The van der Waals surface area contributed by atoms with E-state index in [1.54, 1.807) is 30.5 Å². The summed E-state index contributed by atoms with van der Waals surface area (Å²) in [4.78, 5) is 15.8. The highest BCUT2D eigenvalue weighted by Crippen LogP contribution is 2.20. The molecule has 0 aliphatic rings. The van der Waals surface area contributed by atoms with Gasteiger partial charge in [-0.2, -0.15) is 0 Å². The number of pyridine rings is 1. The summed E-state index contributed by atoms with van der Waals surface area (Å²) >= 11 is 0. The Morgan fingerprint density at radius 1 is 1.11 bits per heavy atom. The fourth-order valence-corrected chi connectivity index (χ4v) is 1.44. The molecule has 2 rings (SSSR count). The Hall–Kier alpha value is -2.56. The Bertz CT molecular complexity index is 529. The number of anilines is 2. The standard InChI is InChI=1S/C13H13N3O2/c1-18-11-8-5-9-14-12(11)16-13(17)15-10-6-3-2-4-7-10/h2-9H,1H3,(H2,14,15,16,17). The molecule has 1 aromatic carbocycles. The monoisotopic (exact) mass is 243 g/mol. The maximum Gasteiger partial charge on any atom is 0.324 e. The summed E-state index contributed by atoms with van der Waals surface area (Å²) in [5, 5.41) is 5.32. The smallest absolute Gasteiger partial charge is 0.324 e. The molecule has 18 heavy (non-hydrogen) atoms. The van der Waals surface area contributed by atoms with Crippen LogP contribution >= 0.6 is 0 Å². The maximum absolute atomic E-state index is 11.7. The van der Waals surface area contributed by atoms with Crippen LogP contribution in [0, 0.1) is 0 Å². The van der Waals surface area contributed by atoms with Crippen LogP contribution in [0.15, 0.2) is 48.7 Å². The first-order valence-electron chi connectivity index (χ1n) is 5.41. The SMILES string of the molecule is COc1cccnc1NC(=O)Nc1ccccc1. The zero-order chi connectivity index (χ0) is 12.8. The van der Waals surface area contributed by atoms with Crippen molar-refractivity contribution in [2.24, 2.45) is 0 Å². The van der Waals surface area contributed by atoms with Crippen molar-refractivity contribution in [1.29, 1.82) is 0 Å². The molecule has 0 atom stereocenters. The second-order valence-corrected chi connectivity index (χ2v) is 3.50. The van der Waals surface area contributed by atoms with E-state index in [2.05, 4.69) is 15.6 Å². The first-order chi connectivity index (χ1) is 8.79. The van der Waals surface area contributed by atoms with Crippen molar-refractivity contribution < 1.29 is 9.53 Å². The van der Waals surface area contributed by atoms with E-state index in [9.17, 15) is 4.79 Å². The van der Waals surface area contributed by atoms with Gasteiger partial charge < -0.3 is 10.1 Å². The fourth-order valence-electron chi connectivity index (χ4n) is 1.44. The van der Waals surface area contributed by atoms with Crippen molar-refractivity contribution in [3.05, 3.63) is 48.7 Å². The van der Waals surface area contributed by atoms with Gasteiger partial charge in [-0.3, -0.25) is 5.32 Å². The Morgan fingerprint density at radius 2 is 1.89 bits per heavy atom. The Balaban J connectivity index is 2.03. The van der Waals surface area contributed by atoms with Gasteiger partial charge in [-0.15, -0.1) is 0 Å². The number of ether oxygens (including phenoxy) is 1. The van der Waals surface area contributed by atoms with Crippen LogP contribution in [0.1, 0.15) is 0 Å². The summed E-state index contributed by atoms with van der Waals surface area (Å²) in [7, 11) is 1.53. The van der Waals surface area contributed by atoms with Crippen molar-refractivity contribution in [3.8, 4) is 5.75 Å². The van der Waals surface area contributed by atoms with Gasteiger partial charge >= 0.3 is 6.03 Å². The topological polar surface area (TPSA) is 63.2 Å². The quantitative estimate of drug-likeness (QED) is 0.871. The third-order valence-electron chi connectivity index (χ3n) is 2.25. The van der Waals surface area contributed by atoms with E-state index in [0.29, 0.717) is 17.3 Å². The average molecular weight is 243 g/mol. The van der Waals surface area contributed by atoms with Crippen LogP contribution in [-0.4, -0.2) is 18.1 Å². The van der Waals surface area contributed by atoms with Crippen LogP contribution in [0.2, 0.25) is 0 Å². The number of hydrogen-bond donors (Lipinski definition) is 2. The van der Waals surface area contributed by atoms with Crippen LogP contribution < -0.4 is 15.4 Å². The molecule has 92 valence electrons. The molecule has 0 aliphatic carbocycles. The Morgan fingerprint density at radius 3 is 2.61 bits per heavy atom. The number of carbonyl (C=O) groups excluding carboxylic acids is 1. The highest BCUT2D eigenvalue weighted by molar-refractivity contribution is 5.99. The molecular weight excluding hydrogens is 230 g/mol. The number of nitrogens with zero attached hydrogens (tertiary/aromatic N) is 1. The van der Waals surface area contributed by atoms with Crippen molar-refractivity contribution >= 4 is 17.5 Å². The summed E-state index contributed by atoms with van der Waals surface area (Å²) in [6.07, 6.45) is 1.58. The van der Waals surface area contributed by atoms with Gasteiger partial charge in [0.15, 0.2) is 11.6 Å². The van der Waals surface area contributed by atoms with E-state index < -0.39 is 0 Å². The average Bonchev–Trinajstić information content (AvgIpc) is 2.40. The first kappa shape index (κ1) is 11.9. The number of para-hydroxylation sites is 1. The van der Waals surface area contributed by atoms with E-state index in [1.807, 2.05) is 18.2 Å². The number of benzene rings is 1. The van der Waals surface area contributed by atoms with Crippen molar-refractivity contribution in [1.82, 2.24) is 4.98 Å². The minimum Gasteiger partial charge on any atom is -0.493 e. The number of amides is 2. The second kappa shape index (κ2) is 5.67. The molecule has 5 nitrogen and oxygen atoms in total. The summed E-state index contributed by atoms with van der Waals surface area (Å²) in [6.45, 7) is 0. The van der Waals surface area contributed by atoms with Gasteiger partial charge in [0.25, 0.3) is 0 Å². The van der Waals surface area contributed by atoms with E-state index in [-0.39, 0.29) is 6.03 Å². The van der Waals surface area contributed by atoms with Crippen molar-refractivity contribution in [2.75, 3.05) is 17.7 Å². The molecule has 0 radical (unpaired) electrons. The number of rotatable bonds is 3. The van der Waals surface area contributed by atoms with E-state index in [0.717, 1.165) is 0 Å². The summed E-state index contributed by atoms with van der Waals surface area (Å²) in [5.74, 6) is 0.897. The molecule has 5 heteroatoms. The van der Waals surface area contributed by atoms with Gasteiger partial charge in [-0.05, 0) is 24.3 Å². The number of methoxy groups -OCH3 is 1. The van der Waals surface area contributed by atoms with Gasteiger partial charge in [-0.25, -0.2) is 9.78 Å². The summed E-state index contributed by atoms with van der Waals surface area (Å²) in [6, 6.07) is 12.3. The van der Waals surface area contributed by atoms with Gasteiger partial charge in [0.2, 0.25) is 0 Å². The Labute approximate surface area is 105 Å². The third kappa shape index (κ3) is 2.98.